The third kappa shape index (κ3) is 2.46. The number of benzene rings is 1. The Morgan fingerprint density at radius 1 is 1.15 bits per heavy atom. The minimum atomic E-state index is -0.437. The van der Waals surface area contributed by atoms with Crippen molar-refractivity contribution in [2.24, 2.45) is 5.41 Å². The average Bonchev–Trinajstić information content (AvgIpc) is 2.03. The van der Waals surface area contributed by atoms with Gasteiger partial charge in [0.05, 0.1) is 6.10 Å². The summed E-state index contributed by atoms with van der Waals surface area (Å²) in [6.45, 7) is 6.02. The topological polar surface area (TPSA) is 46.2 Å². The van der Waals surface area contributed by atoms with Gasteiger partial charge < -0.3 is 10.8 Å². The van der Waals surface area contributed by atoms with Crippen LogP contribution in [0, 0.1) is 5.41 Å². The largest absolute Gasteiger partial charge is 0.399 e. The molecule has 1 aromatic rings. The smallest absolute Gasteiger partial charge is 0.0838 e. The van der Waals surface area contributed by atoms with Crippen LogP contribution in [0.5, 0.6) is 0 Å². The molecule has 72 valence electrons. The molecule has 0 aliphatic carbocycles. The molecule has 0 heterocycles. The van der Waals surface area contributed by atoms with Gasteiger partial charge in [-0.1, -0.05) is 32.9 Å². The van der Waals surface area contributed by atoms with E-state index in [1.54, 1.807) is 0 Å². The molecule has 1 unspecified atom stereocenters. The molecule has 0 aliphatic heterocycles. The van der Waals surface area contributed by atoms with Crippen molar-refractivity contribution in [2.75, 3.05) is 5.73 Å². The van der Waals surface area contributed by atoms with E-state index in [0.29, 0.717) is 0 Å². The zero-order chi connectivity index (χ0) is 10.1. The van der Waals surface area contributed by atoms with Crippen LogP contribution < -0.4 is 5.73 Å². The number of hydrogen-bond acceptors (Lipinski definition) is 2. The van der Waals surface area contributed by atoms with Crippen LogP contribution in [0.1, 0.15) is 32.4 Å². The van der Waals surface area contributed by atoms with Crippen LogP contribution >= 0.6 is 0 Å². The van der Waals surface area contributed by atoms with Crippen molar-refractivity contribution in [1.29, 1.82) is 0 Å². The number of aliphatic hydroxyl groups excluding tert-OH is 1. The SMILES string of the molecule is CC(C)(C)C(O)c1ccc(N)cc1. The van der Waals surface area contributed by atoms with Crippen LogP contribution in [0.3, 0.4) is 0 Å². The van der Waals surface area contributed by atoms with E-state index in [4.69, 9.17) is 5.73 Å². The van der Waals surface area contributed by atoms with Crippen molar-refractivity contribution in [3.8, 4) is 0 Å². The highest BCUT2D eigenvalue weighted by Crippen LogP contribution is 2.32. The second-order valence-electron chi connectivity index (χ2n) is 4.44. The monoisotopic (exact) mass is 179 g/mol. The number of rotatable bonds is 1. The lowest BCUT2D eigenvalue weighted by Gasteiger charge is -2.26. The minimum absolute atomic E-state index is 0.129. The van der Waals surface area contributed by atoms with Crippen LogP contribution in [0.2, 0.25) is 0 Å². The Kier molecular flexibility index (Phi) is 2.62. The van der Waals surface area contributed by atoms with Gasteiger partial charge in [-0.25, -0.2) is 0 Å². The Balaban J connectivity index is 2.90. The molecule has 0 radical (unpaired) electrons. The lowest BCUT2D eigenvalue weighted by atomic mass is 9.85. The van der Waals surface area contributed by atoms with E-state index >= 15 is 0 Å². The van der Waals surface area contributed by atoms with Gasteiger partial charge in [0.15, 0.2) is 0 Å². The van der Waals surface area contributed by atoms with Crippen molar-refractivity contribution < 1.29 is 5.11 Å². The fourth-order valence-electron chi connectivity index (χ4n) is 1.18. The zero-order valence-corrected chi connectivity index (χ0v) is 8.41. The molecule has 0 saturated heterocycles. The first-order valence-corrected chi connectivity index (χ1v) is 4.45. The first-order chi connectivity index (χ1) is 5.91. The first-order valence-electron chi connectivity index (χ1n) is 4.45. The third-order valence-electron chi connectivity index (χ3n) is 2.07. The molecule has 2 nitrogen and oxygen atoms in total. The van der Waals surface area contributed by atoms with Crippen molar-refractivity contribution >= 4 is 5.69 Å². The summed E-state index contributed by atoms with van der Waals surface area (Å²) in [7, 11) is 0. The van der Waals surface area contributed by atoms with Gasteiger partial charge in [0.25, 0.3) is 0 Å². The molecule has 0 amide bonds. The molecule has 1 rings (SSSR count). The van der Waals surface area contributed by atoms with E-state index in [2.05, 4.69) is 0 Å². The summed E-state index contributed by atoms with van der Waals surface area (Å²) in [4.78, 5) is 0. The van der Waals surface area contributed by atoms with Gasteiger partial charge in [-0.3, -0.25) is 0 Å². The summed E-state index contributed by atoms with van der Waals surface area (Å²) in [5.74, 6) is 0. The molecule has 2 heteroatoms. The van der Waals surface area contributed by atoms with Gasteiger partial charge in [-0.2, -0.15) is 0 Å². The Morgan fingerprint density at radius 3 is 2.00 bits per heavy atom. The van der Waals surface area contributed by atoms with Crippen LogP contribution in [0.4, 0.5) is 5.69 Å². The fraction of sp³-hybridized carbons (Fsp3) is 0.455. The molecule has 13 heavy (non-hydrogen) atoms. The molecule has 0 saturated carbocycles. The van der Waals surface area contributed by atoms with Gasteiger partial charge in [0, 0.05) is 5.69 Å². The molecule has 1 atom stereocenters. The maximum atomic E-state index is 9.91. The van der Waals surface area contributed by atoms with Gasteiger partial charge in [-0.05, 0) is 23.1 Å². The number of nitrogen functional groups attached to an aromatic ring is 1. The molecule has 0 spiro atoms. The van der Waals surface area contributed by atoms with Crippen molar-refractivity contribution in [3.63, 3.8) is 0 Å². The highest BCUT2D eigenvalue weighted by molar-refractivity contribution is 5.40. The molecular formula is C11H17NO. The first kappa shape index (κ1) is 10.1. The third-order valence-corrected chi connectivity index (χ3v) is 2.07. The second-order valence-corrected chi connectivity index (χ2v) is 4.44. The van der Waals surface area contributed by atoms with E-state index < -0.39 is 6.10 Å². The number of anilines is 1. The summed E-state index contributed by atoms with van der Waals surface area (Å²) in [6.07, 6.45) is -0.437. The summed E-state index contributed by atoms with van der Waals surface area (Å²) in [6, 6.07) is 7.35. The predicted octanol–water partition coefficient (Wildman–Crippen LogP) is 2.35. The van der Waals surface area contributed by atoms with Crippen LogP contribution in [0.15, 0.2) is 24.3 Å². The summed E-state index contributed by atoms with van der Waals surface area (Å²) in [5.41, 5.74) is 7.07. The molecular weight excluding hydrogens is 162 g/mol. The highest BCUT2D eigenvalue weighted by atomic mass is 16.3. The quantitative estimate of drug-likeness (QED) is 0.650. The summed E-state index contributed by atoms with van der Waals surface area (Å²) in [5, 5.41) is 9.91. The maximum Gasteiger partial charge on any atom is 0.0838 e. The van der Waals surface area contributed by atoms with Crippen LogP contribution in [0.25, 0.3) is 0 Å². The lowest BCUT2D eigenvalue weighted by Crippen LogP contribution is -2.17. The van der Waals surface area contributed by atoms with Gasteiger partial charge in [-0.15, -0.1) is 0 Å². The number of nitrogens with two attached hydrogens (primary N) is 1. The van der Waals surface area contributed by atoms with E-state index in [1.165, 1.54) is 0 Å². The molecule has 3 N–H and O–H groups in total. The predicted molar refractivity (Wildman–Crippen MR) is 55.3 cm³/mol. The Morgan fingerprint density at radius 2 is 1.62 bits per heavy atom. The number of aliphatic hydroxyl groups is 1. The maximum absolute atomic E-state index is 9.91. The van der Waals surface area contributed by atoms with Gasteiger partial charge >= 0.3 is 0 Å². The standard InChI is InChI=1S/C11H17NO/c1-11(2,3)10(13)8-4-6-9(12)7-5-8/h4-7,10,13H,12H2,1-3H3. The van der Waals surface area contributed by atoms with Gasteiger partial charge in [0.1, 0.15) is 0 Å². The van der Waals surface area contributed by atoms with Crippen LogP contribution in [-0.2, 0) is 0 Å². The van der Waals surface area contributed by atoms with E-state index in [-0.39, 0.29) is 5.41 Å². The average molecular weight is 179 g/mol. The normalized spacial score (nSPS) is 14.2. The molecule has 0 bridgehead atoms. The Labute approximate surface area is 79.4 Å². The van der Waals surface area contributed by atoms with E-state index in [0.717, 1.165) is 11.3 Å². The van der Waals surface area contributed by atoms with E-state index in [9.17, 15) is 5.11 Å². The lowest BCUT2D eigenvalue weighted by molar-refractivity contribution is 0.0627. The summed E-state index contributed by atoms with van der Waals surface area (Å²) >= 11 is 0. The van der Waals surface area contributed by atoms with Crippen molar-refractivity contribution in [1.82, 2.24) is 0 Å². The van der Waals surface area contributed by atoms with Crippen molar-refractivity contribution in [2.45, 2.75) is 26.9 Å². The molecule has 0 fully saturated rings. The molecule has 0 aliphatic rings. The fourth-order valence-corrected chi connectivity index (χ4v) is 1.18. The zero-order valence-electron chi connectivity index (χ0n) is 8.41. The molecule has 1 aromatic carbocycles. The summed E-state index contributed by atoms with van der Waals surface area (Å²) < 4.78 is 0. The van der Waals surface area contributed by atoms with E-state index in [1.807, 2.05) is 45.0 Å². The van der Waals surface area contributed by atoms with Crippen molar-refractivity contribution in [3.05, 3.63) is 29.8 Å². The number of hydrogen-bond donors (Lipinski definition) is 2. The Bertz CT molecular complexity index is 271. The molecule has 0 aromatic heterocycles. The van der Waals surface area contributed by atoms with Crippen LogP contribution in [-0.4, -0.2) is 5.11 Å². The minimum Gasteiger partial charge on any atom is -0.399 e. The highest BCUT2D eigenvalue weighted by Gasteiger charge is 2.23. The second kappa shape index (κ2) is 3.38. The Hall–Kier alpha value is -1.02. The van der Waals surface area contributed by atoms with Gasteiger partial charge in [0.2, 0.25) is 0 Å².